The van der Waals surface area contributed by atoms with Gasteiger partial charge in [-0.1, -0.05) is 0 Å². The van der Waals surface area contributed by atoms with Crippen LogP contribution in [-0.4, -0.2) is 53.5 Å². The van der Waals surface area contributed by atoms with Crippen molar-refractivity contribution in [3.63, 3.8) is 0 Å². The molecular weight excluding hydrogens is 564 g/mol. The molecule has 34 heavy (non-hydrogen) atoms. The van der Waals surface area contributed by atoms with Crippen LogP contribution in [0.1, 0.15) is 26.3 Å². The van der Waals surface area contributed by atoms with E-state index in [1.165, 1.54) is 35.7 Å². The molecule has 175 valence electrons. The molecule has 1 radical (unpaired) electrons. The minimum absolute atomic E-state index is 0.0334. The number of benzene rings is 3. The number of nitrogens with zero attached hydrogens (tertiary/aromatic N) is 1. The summed E-state index contributed by atoms with van der Waals surface area (Å²) in [4.78, 5) is 24.1. The van der Waals surface area contributed by atoms with E-state index in [0.717, 1.165) is 5.56 Å². The summed E-state index contributed by atoms with van der Waals surface area (Å²) in [5.41, 5.74) is 1.59. The van der Waals surface area contributed by atoms with Gasteiger partial charge in [-0.2, -0.15) is 0 Å². The van der Waals surface area contributed by atoms with Crippen molar-refractivity contribution in [1.82, 2.24) is 0 Å². The summed E-state index contributed by atoms with van der Waals surface area (Å²) >= 11 is 11.1. The Balaban J connectivity index is 1.65. The molecule has 1 N–H and O–H groups in total. The van der Waals surface area contributed by atoms with Crippen LogP contribution < -0.4 is 13.4 Å². The molecule has 0 unspecified atom stereocenters. The molecule has 0 saturated heterocycles. The molecule has 0 saturated carbocycles. The van der Waals surface area contributed by atoms with E-state index in [1.54, 1.807) is 30.3 Å². The number of hydrogen-bond acceptors (Lipinski definition) is 5. The molecule has 3 aromatic carbocycles. The van der Waals surface area contributed by atoms with Gasteiger partial charge in [0.1, 0.15) is 0 Å². The zero-order valence-corrected chi connectivity index (χ0v) is 21.9. The number of rotatable bonds is 7. The molecule has 7 nitrogen and oxygen atoms in total. The summed E-state index contributed by atoms with van der Waals surface area (Å²) < 4.78 is 33.9. The Labute approximate surface area is 213 Å². The molecule has 0 spiro atoms. The summed E-state index contributed by atoms with van der Waals surface area (Å²) in [5, 5.41) is 9.44. The van der Waals surface area contributed by atoms with Gasteiger partial charge in [-0.25, -0.2) is 0 Å². The van der Waals surface area contributed by atoms with Gasteiger partial charge in [0.15, 0.2) is 0 Å². The van der Waals surface area contributed by atoms with Crippen molar-refractivity contribution in [2.45, 2.75) is 11.3 Å². The molecule has 0 aliphatic carbocycles. The molecule has 0 aromatic heterocycles. The first kappa shape index (κ1) is 24.6. The summed E-state index contributed by atoms with van der Waals surface area (Å²) in [7, 11) is -2.61. The minimum atomic E-state index is -3.99. The Morgan fingerprint density at radius 1 is 1.06 bits per heavy atom. The standard InChI is InChI=1S/C23H17AsCl2NO6S/c1-33-20-7-5-16(25)12-21(20)34(31,32)27-9-8-13-2-3-14(10-19(13)27)22(28)24-15-4-6-17(23(29)30)18(26)11-15/h2-7,10-12H,8-9H2,1H3,(H,29,30). The van der Waals surface area contributed by atoms with Gasteiger partial charge >= 0.3 is 214 Å². The van der Waals surface area contributed by atoms with Gasteiger partial charge in [0.2, 0.25) is 0 Å². The molecule has 4 rings (SSSR count). The van der Waals surface area contributed by atoms with Crippen molar-refractivity contribution in [3.05, 3.63) is 81.3 Å². The zero-order chi connectivity index (χ0) is 24.6. The van der Waals surface area contributed by atoms with E-state index in [9.17, 15) is 18.0 Å². The van der Waals surface area contributed by atoms with Crippen molar-refractivity contribution in [3.8, 4) is 5.75 Å². The second-order valence-corrected chi connectivity index (χ2v) is 12.4. The Morgan fingerprint density at radius 3 is 2.50 bits per heavy atom. The van der Waals surface area contributed by atoms with E-state index in [0.29, 0.717) is 22.0 Å². The van der Waals surface area contributed by atoms with Crippen LogP contribution in [0.4, 0.5) is 5.69 Å². The molecule has 0 amide bonds. The molecule has 0 bridgehead atoms. The normalized spacial score (nSPS) is 13.3. The van der Waals surface area contributed by atoms with E-state index in [2.05, 4.69) is 0 Å². The van der Waals surface area contributed by atoms with Crippen LogP contribution in [0.3, 0.4) is 0 Å². The van der Waals surface area contributed by atoms with Gasteiger partial charge in [0, 0.05) is 0 Å². The number of hydrogen-bond donors (Lipinski definition) is 1. The predicted molar refractivity (Wildman–Crippen MR) is 131 cm³/mol. The Morgan fingerprint density at radius 2 is 1.82 bits per heavy atom. The maximum absolute atomic E-state index is 13.5. The quantitative estimate of drug-likeness (QED) is 0.428. The summed E-state index contributed by atoms with van der Waals surface area (Å²) in [6.45, 7) is 0.227. The van der Waals surface area contributed by atoms with Crippen molar-refractivity contribution in [2.24, 2.45) is 0 Å². The van der Waals surface area contributed by atoms with Gasteiger partial charge in [0.05, 0.1) is 0 Å². The number of carbonyl (C=O) groups is 2. The number of carboxylic acids is 1. The first-order chi connectivity index (χ1) is 16.1. The monoisotopic (exact) mass is 580 g/mol. The van der Waals surface area contributed by atoms with Crippen LogP contribution in [0, 0.1) is 0 Å². The summed E-state index contributed by atoms with van der Waals surface area (Å²) in [6, 6.07) is 13.8. The fourth-order valence-corrected chi connectivity index (χ4v) is 7.75. The third-order valence-corrected chi connectivity index (χ3v) is 9.77. The van der Waals surface area contributed by atoms with Crippen molar-refractivity contribution in [1.29, 1.82) is 0 Å². The number of sulfonamides is 1. The molecule has 0 atom stereocenters. The van der Waals surface area contributed by atoms with Crippen molar-refractivity contribution in [2.75, 3.05) is 18.0 Å². The Kier molecular flexibility index (Phi) is 6.96. The van der Waals surface area contributed by atoms with Crippen LogP contribution in [0.15, 0.2) is 59.5 Å². The SMILES string of the molecule is COc1ccc(Cl)cc1S(=O)(=O)N1CCc2ccc(C(=O)[As]c3ccc(C(=O)O)c(Cl)c3)cc21. The van der Waals surface area contributed by atoms with Crippen LogP contribution in [0.2, 0.25) is 10.0 Å². The molecular formula is C23H17AsCl2NO6S. The Hall–Kier alpha value is -2.51. The van der Waals surface area contributed by atoms with Crippen LogP contribution in [0.25, 0.3) is 0 Å². The average Bonchev–Trinajstić information content (AvgIpc) is 3.23. The fraction of sp³-hybridized carbons (Fsp3) is 0.130. The number of carboxylic acid groups (broad SMARTS) is 1. The van der Waals surface area contributed by atoms with Gasteiger partial charge in [-0.05, 0) is 0 Å². The first-order valence-corrected chi connectivity index (χ1v) is 14.0. The van der Waals surface area contributed by atoms with Gasteiger partial charge in [-0.3, -0.25) is 0 Å². The number of anilines is 1. The molecule has 0 fully saturated rings. The van der Waals surface area contributed by atoms with Crippen LogP contribution in [0.5, 0.6) is 5.75 Å². The van der Waals surface area contributed by atoms with E-state index >= 15 is 0 Å². The number of methoxy groups -OCH3 is 1. The average molecular weight is 581 g/mol. The molecule has 11 heteroatoms. The van der Waals surface area contributed by atoms with Crippen LogP contribution >= 0.6 is 23.2 Å². The topological polar surface area (TPSA) is 101 Å². The van der Waals surface area contributed by atoms with E-state index in [4.69, 9.17) is 33.0 Å². The van der Waals surface area contributed by atoms with Gasteiger partial charge in [0.25, 0.3) is 0 Å². The van der Waals surface area contributed by atoms with Crippen LogP contribution in [-0.2, 0) is 16.4 Å². The predicted octanol–water partition coefficient (Wildman–Crippen LogP) is 3.62. The zero-order valence-electron chi connectivity index (χ0n) is 17.7. The van der Waals surface area contributed by atoms with E-state index in [-0.39, 0.29) is 37.4 Å². The fourth-order valence-electron chi connectivity index (χ4n) is 3.63. The third kappa shape index (κ3) is 4.68. The maximum atomic E-state index is 13.5. The molecule has 1 heterocycles. The molecule has 3 aromatic rings. The van der Waals surface area contributed by atoms with Crippen molar-refractivity contribution >= 4 is 69.6 Å². The van der Waals surface area contributed by atoms with Crippen molar-refractivity contribution < 1.29 is 27.9 Å². The third-order valence-electron chi connectivity index (χ3n) is 5.29. The number of aromatic carboxylic acids is 1. The van der Waals surface area contributed by atoms with E-state index < -0.39 is 31.7 Å². The van der Waals surface area contributed by atoms with E-state index in [1.807, 2.05) is 0 Å². The number of carbonyl (C=O) groups excluding carboxylic acids is 1. The number of fused-ring (bicyclic) bond motifs is 1. The second kappa shape index (κ2) is 9.62. The Bertz CT molecular complexity index is 1430. The van der Waals surface area contributed by atoms with Gasteiger partial charge < -0.3 is 0 Å². The number of halogens is 2. The molecule has 1 aliphatic heterocycles. The number of ether oxygens (including phenoxy) is 1. The first-order valence-electron chi connectivity index (χ1n) is 9.90. The summed E-state index contributed by atoms with van der Waals surface area (Å²) in [5.74, 6) is -0.966. The molecule has 1 aliphatic rings. The van der Waals surface area contributed by atoms with Gasteiger partial charge in [-0.15, -0.1) is 0 Å². The summed E-state index contributed by atoms with van der Waals surface area (Å²) in [6.07, 6.45) is 0.506. The second-order valence-electron chi connectivity index (χ2n) is 7.35.